The second-order valence-corrected chi connectivity index (χ2v) is 4.72. The Balaban J connectivity index is 1.87. The fourth-order valence-corrected chi connectivity index (χ4v) is 3.63. The molecule has 12 heavy (non-hydrogen) atoms. The lowest BCUT2D eigenvalue weighted by Crippen LogP contribution is -2.47. The summed E-state index contributed by atoms with van der Waals surface area (Å²) in [5, 5.41) is 9.62. The second kappa shape index (κ2) is 2.46. The van der Waals surface area contributed by atoms with Crippen LogP contribution in [0.2, 0.25) is 0 Å². The molecule has 3 aliphatic rings. The molecule has 0 aromatic rings. The summed E-state index contributed by atoms with van der Waals surface area (Å²) in [6, 6.07) is 1.50. The Morgan fingerprint density at radius 3 is 3.00 bits per heavy atom. The fourth-order valence-electron chi connectivity index (χ4n) is 3.63. The molecule has 0 radical (unpaired) electrons. The highest BCUT2D eigenvalue weighted by Gasteiger charge is 2.47. The number of aliphatic hydroxyl groups excluding tert-OH is 1. The molecule has 68 valence electrons. The van der Waals surface area contributed by atoms with Gasteiger partial charge in [0.05, 0.1) is 6.10 Å². The third kappa shape index (κ3) is 0.882. The molecule has 2 nitrogen and oxygen atoms in total. The van der Waals surface area contributed by atoms with Gasteiger partial charge in [0, 0.05) is 12.1 Å². The lowest BCUT2D eigenvalue weighted by molar-refractivity contribution is 0.0169. The number of hydrogen-bond acceptors (Lipinski definition) is 2. The Labute approximate surface area is 73.6 Å². The molecule has 0 amide bonds. The largest absolute Gasteiger partial charge is 0.393 e. The van der Waals surface area contributed by atoms with E-state index in [-0.39, 0.29) is 6.10 Å². The molecule has 5 atom stereocenters. The standard InChI is InChI=1S/C10H17NO/c12-9-5-8-4-7-2-1-3-11(8)10(7)6-9/h7-10,12H,1-6H2/t7-,8+,9+,10+/m0/s1. The smallest absolute Gasteiger partial charge is 0.0570 e. The molecular weight excluding hydrogens is 150 g/mol. The van der Waals surface area contributed by atoms with Crippen molar-refractivity contribution in [1.29, 1.82) is 0 Å². The van der Waals surface area contributed by atoms with Gasteiger partial charge in [0.25, 0.3) is 0 Å². The molecule has 2 heteroatoms. The SMILES string of the molecule is O[C@@H]1C[C@H]2C[C@@H]3CCCN2[C@@H]3C1. The number of rotatable bonds is 0. The summed E-state index contributed by atoms with van der Waals surface area (Å²) in [6.07, 6.45) is 6.31. The minimum Gasteiger partial charge on any atom is -0.393 e. The van der Waals surface area contributed by atoms with Crippen LogP contribution in [0.3, 0.4) is 0 Å². The van der Waals surface area contributed by atoms with Crippen LogP contribution in [0.5, 0.6) is 0 Å². The van der Waals surface area contributed by atoms with Gasteiger partial charge in [-0.2, -0.15) is 0 Å². The van der Waals surface area contributed by atoms with Crippen molar-refractivity contribution in [2.24, 2.45) is 5.92 Å². The van der Waals surface area contributed by atoms with Crippen LogP contribution in [0, 0.1) is 5.92 Å². The van der Waals surface area contributed by atoms with E-state index in [1.807, 2.05) is 0 Å². The van der Waals surface area contributed by atoms with Gasteiger partial charge in [-0.25, -0.2) is 0 Å². The summed E-state index contributed by atoms with van der Waals surface area (Å²) in [7, 11) is 0. The van der Waals surface area contributed by atoms with Crippen molar-refractivity contribution in [3.05, 3.63) is 0 Å². The van der Waals surface area contributed by atoms with E-state index in [1.165, 1.54) is 25.8 Å². The van der Waals surface area contributed by atoms with E-state index < -0.39 is 0 Å². The molecule has 0 spiro atoms. The van der Waals surface area contributed by atoms with Crippen molar-refractivity contribution in [1.82, 2.24) is 4.90 Å². The van der Waals surface area contributed by atoms with Gasteiger partial charge < -0.3 is 5.11 Å². The first-order valence-corrected chi connectivity index (χ1v) is 5.28. The molecule has 3 rings (SSSR count). The third-order valence-corrected chi connectivity index (χ3v) is 4.06. The summed E-state index contributed by atoms with van der Waals surface area (Å²) in [4.78, 5) is 2.67. The molecule has 0 aromatic heterocycles. The zero-order valence-electron chi connectivity index (χ0n) is 7.45. The summed E-state index contributed by atoms with van der Waals surface area (Å²) in [5.41, 5.74) is 0. The van der Waals surface area contributed by atoms with Gasteiger partial charge in [-0.05, 0) is 44.6 Å². The maximum Gasteiger partial charge on any atom is 0.0570 e. The van der Waals surface area contributed by atoms with Crippen molar-refractivity contribution in [2.45, 2.75) is 50.3 Å². The topological polar surface area (TPSA) is 23.5 Å². The van der Waals surface area contributed by atoms with E-state index in [9.17, 15) is 5.11 Å². The Morgan fingerprint density at radius 1 is 1.17 bits per heavy atom. The highest BCUT2D eigenvalue weighted by atomic mass is 16.3. The first-order valence-electron chi connectivity index (χ1n) is 5.28. The van der Waals surface area contributed by atoms with Gasteiger partial charge in [-0.3, -0.25) is 4.90 Å². The summed E-state index contributed by atoms with van der Waals surface area (Å²) >= 11 is 0. The number of nitrogens with zero attached hydrogens (tertiary/aromatic N) is 1. The number of hydrogen-bond donors (Lipinski definition) is 1. The highest BCUT2D eigenvalue weighted by molar-refractivity contribution is 5.02. The third-order valence-electron chi connectivity index (χ3n) is 4.06. The molecule has 4 bridgehead atoms. The first-order chi connectivity index (χ1) is 5.84. The Morgan fingerprint density at radius 2 is 2.08 bits per heavy atom. The first kappa shape index (κ1) is 7.34. The zero-order chi connectivity index (χ0) is 8.13. The van der Waals surface area contributed by atoms with Crippen LogP contribution in [0.25, 0.3) is 0 Å². The molecule has 1 N–H and O–H groups in total. The van der Waals surface area contributed by atoms with Crippen molar-refractivity contribution >= 4 is 0 Å². The molecule has 0 aliphatic carbocycles. The van der Waals surface area contributed by atoms with E-state index in [0.717, 1.165) is 30.8 Å². The molecule has 0 saturated carbocycles. The monoisotopic (exact) mass is 167 g/mol. The van der Waals surface area contributed by atoms with Crippen molar-refractivity contribution in [2.75, 3.05) is 6.54 Å². The van der Waals surface area contributed by atoms with Gasteiger partial charge in [0.1, 0.15) is 0 Å². The molecule has 3 heterocycles. The van der Waals surface area contributed by atoms with E-state index >= 15 is 0 Å². The molecular formula is C10H17NO. The van der Waals surface area contributed by atoms with Gasteiger partial charge in [-0.15, -0.1) is 0 Å². The van der Waals surface area contributed by atoms with Crippen LogP contribution >= 0.6 is 0 Å². The lowest BCUT2D eigenvalue weighted by Gasteiger charge is -2.40. The van der Waals surface area contributed by atoms with Gasteiger partial charge in [0.2, 0.25) is 0 Å². The number of piperidine rings is 2. The molecule has 3 saturated heterocycles. The Kier molecular flexibility index (Phi) is 1.50. The summed E-state index contributed by atoms with van der Waals surface area (Å²) in [6.45, 7) is 1.30. The average molecular weight is 167 g/mol. The average Bonchev–Trinajstić information content (AvgIpc) is 2.26. The van der Waals surface area contributed by atoms with Gasteiger partial charge in [0.15, 0.2) is 0 Å². The van der Waals surface area contributed by atoms with Crippen LogP contribution in [-0.2, 0) is 0 Å². The highest BCUT2D eigenvalue weighted by Crippen LogP contribution is 2.44. The molecule has 1 unspecified atom stereocenters. The second-order valence-electron chi connectivity index (χ2n) is 4.72. The van der Waals surface area contributed by atoms with Crippen molar-refractivity contribution in [3.8, 4) is 0 Å². The van der Waals surface area contributed by atoms with E-state index in [1.54, 1.807) is 0 Å². The maximum absolute atomic E-state index is 9.62. The quantitative estimate of drug-likeness (QED) is 0.581. The van der Waals surface area contributed by atoms with Crippen molar-refractivity contribution in [3.63, 3.8) is 0 Å². The molecule has 3 aliphatic heterocycles. The summed E-state index contributed by atoms with van der Waals surface area (Å²) in [5.74, 6) is 0.931. The van der Waals surface area contributed by atoms with Crippen molar-refractivity contribution < 1.29 is 5.11 Å². The predicted molar refractivity (Wildman–Crippen MR) is 46.9 cm³/mol. The predicted octanol–water partition coefficient (Wildman–Crippen LogP) is 0.994. The molecule has 3 fully saturated rings. The van der Waals surface area contributed by atoms with E-state index in [2.05, 4.69) is 4.90 Å². The summed E-state index contributed by atoms with van der Waals surface area (Å²) < 4.78 is 0. The van der Waals surface area contributed by atoms with Gasteiger partial charge >= 0.3 is 0 Å². The number of aliphatic hydroxyl groups is 1. The Hall–Kier alpha value is -0.0800. The minimum absolute atomic E-state index is 0.0133. The fraction of sp³-hybridized carbons (Fsp3) is 1.00. The van der Waals surface area contributed by atoms with Gasteiger partial charge in [-0.1, -0.05) is 0 Å². The minimum atomic E-state index is 0.0133. The van der Waals surface area contributed by atoms with Crippen LogP contribution in [0.15, 0.2) is 0 Å². The maximum atomic E-state index is 9.62. The molecule has 0 aromatic carbocycles. The normalized spacial score (nSPS) is 57.2. The van der Waals surface area contributed by atoms with Crippen LogP contribution in [-0.4, -0.2) is 34.7 Å². The van der Waals surface area contributed by atoms with Crippen LogP contribution < -0.4 is 0 Å². The van der Waals surface area contributed by atoms with Crippen LogP contribution in [0.4, 0.5) is 0 Å². The zero-order valence-corrected chi connectivity index (χ0v) is 7.45. The van der Waals surface area contributed by atoms with E-state index in [0.29, 0.717) is 0 Å². The van der Waals surface area contributed by atoms with E-state index in [4.69, 9.17) is 0 Å². The lowest BCUT2D eigenvalue weighted by atomic mass is 9.89. The van der Waals surface area contributed by atoms with Crippen LogP contribution in [0.1, 0.15) is 32.1 Å². The Bertz CT molecular complexity index is 194.